The highest BCUT2D eigenvalue weighted by Gasteiger charge is 2.44. The van der Waals surface area contributed by atoms with Crippen LogP contribution in [0, 0.1) is 0 Å². The Kier molecular flexibility index (Phi) is 6.20. The van der Waals surface area contributed by atoms with Gasteiger partial charge in [0.15, 0.2) is 5.78 Å². The van der Waals surface area contributed by atoms with Gasteiger partial charge >= 0.3 is 5.63 Å². The van der Waals surface area contributed by atoms with Gasteiger partial charge in [0, 0.05) is 18.4 Å². The quantitative estimate of drug-likeness (QED) is 0.332. The first-order chi connectivity index (χ1) is 14.1. The Morgan fingerprint density at radius 2 is 2.00 bits per heavy atom. The molecule has 1 aliphatic heterocycles. The monoisotopic (exact) mass is 410 g/mol. The van der Waals surface area contributed by atoms with Gasteiger partial charge in [-0.2, -0.15) is 0 Å². The fraction of sp³-hybridized carbons (Fsp3) is 0.440. The van der Waals surface area contributed by atoms with Crippen LogP contribution < -0.4 is 15.1 Å². The number of rotatable bonds is 7. The lowest BCUT2D eigenvalue weighted by Crippen LogP contribution is -2.33. The summed E-state index contributed by atoms with van der Waals surface area (Å²) in [6, 6.07) is 5.41. The van der Waals surface area contributed by atoms with Crippen LogP contribution in [-0.4, -0.2) is 18.5 Å². The molecule has 2 aromatic rings. The summed E-state index contributed by atoms with van der Waals surface area (Å²) in [5.41, 5.74) is 2.22. The summed E-state index contributed by atoms with van der Waals surface area (Å²) in [5.74, 6) is 1.25. The van der Waals surface area contributed by atoms with E-state index in [1.54, 1.807) is 19.3 Å². The lowest BCUT2D eigenvalue weighted by Gasteiger charge is -2.28. The number of benzene rings is 1. The molecule has 0 aliphatic carbocycles. The molecule has 1 aliphatic rings. The molecule has 1 aromatic heterocycles. The highest BCUT2D eigenvalue weighted by molar-refractivity contribution is 5.91. The van der Waals surface area contributed by atoms with Crippen LogP contribution in [0.3, 0.4) is 0 Å². The molecule has 0 bridgehead atoms. The third-order valence-electron chi connectivity index (χ3n) is 5.82. The van der Waals surface area contributed by atoms with Gasteiger partial charge < -0.3 is 13.9 Å². The Balaban J connectivity index is 1.80. The first-order valence-electron chi connectivity index (χ1n) is 10.3. The van der Waals surface area contributed by atoms with Crippen molar-refractivity contribution in [1.29, 1.82) is 0 Å². The average molecular weight is 411 g/mol. The molecule has 5 heteroatoms. The highest BCUT2D eigenvalue weighted by atomic mass is 16.5. The fourth-order valence-corrected chi connectivity index (χ4v) is 4.00. The number of carbonyl (C=O) groups excluding carboxylic acids is 1. The predicted molar refractivity (Wildman–Crippen MR) is 119 cm³/mol. The second kappa shape index (κ2) is 8.50. The summed E-state index contributed by atoms with van der Waals surface area (Å²) in [7, 11) is 1.57. The van der Waals surface area contributed by atoms with Gasteiger partial charge in [0.25, 0.3) is 0 Å². The van der Waals surface area contributed by atoms with Crippen LogP contribution in [0.15, 0.2) is 50.7 Å². The molecule has 0 unspecified atom stereocenters. The molecule has 160 valence electrons. The molecule has 0 N–H and O–H groups in total. The van der Waals surface area contributed by atoms with E-state index >= 15 is 0 Å². The first-order valence-corrected chi connectivity index (χ1v) is 10.3. The van der Waals surface area contributed by atoms with Gasteiger partial charge in [0.05, 0.1) is 18.1 Å². The molecular formula is C25H30O5. The van der Waals surface area contributed by atoms with Gasteiger partial charge in [-0.15, -0.1) is 0 Å². The number of hydrogen-bond donors (Lipinski definition) is 0. The van der Waals surface area contributed by atoms with E-state index in [2.05, 4.69) is 6.08 Å². The van der Waals surface area contributed by atoms with Crippen molar-refractivity contribution < 1.29 is 18.7 Å². The third-order valence-corrected chi connectivity index (χ3v) is 5.82. The Morgan fingerprint density at radius 3 is 2.67 bits per heavy atom. The van der Waals surface area contributed by atoms with Crippen molar-refractivity contribution in [1.82, 2.24) is 0 Å². The molecule has 5 nitrogen and oxygen atoms in total. The van der Waals surface area contributed by atoms with Crippen molar-refractivity contribution in [2.45, 2.75) is 65.4 Å². The van der Waals surface area contributed by atoms with Crippen LogP contribution in [0.25, 0.3) is 11.0 Å². The molecule has 2 atom stereocenters. The van der Waals surface area contributed by atoms with Crippen molar-refractivity contribution in [3.63, 3.8) is 0 Å². The Hall–Kier alpha value is -2.82. The topological polar surface area (TPSA) is 65.7 Å². The van der Waals surface area contributed by atoms with Crippen LogP contribution in [-0.2, 0) is 4.79 Å². The van der Waals surface area contributed by atoms with Crippen molar-refractivity contribution in [3.8, 4) is 11.5 Å². The van der Waals surface area contributed by atoms with E-state index in [9.17, 15) is 9.59 Å². The first kappa shape index (κ1) is 21.9. The van der Waals surface area contributed by atoms with Crippen LogP contribution >= 0.6 is 0 Å². The summed E-state index contributed by atoms with van der Waals surface area (Å²) in [5, 5.41) is 0.778. The van der Waals surface area contributed by atoms with Gasteiger partial charge in [-0.1, -0.05) is 24.1 Å². The van der Waals surface area contributed by atoms with Crippen molar-refractivity contribution >= 4 is 16.8 Å². The van der Waals surface area contributed by atoms with Crippen LogP contribution in [0.1, 0.15) is 65.4 Å². The maximum Gasteiger partial charge on any atom is 0.343 e. The van der Waals surface area contributed by atoms with E-state index in [1.807, 2.05) is 46.8 Å². The Morgan fingerprint density at radius 1 is 1.27 bits per heavy atom. The normalized spacial score (nSPS) is 20.6. The van der Waals surface area contributed by atoms with Gasteiger partial charge in [-0.25, -0.2) is 4.79 Å². The summed E-state index contributed by atoms with van der Waals surface area (Å²) in [6.07, 6.45) is 5.69. The zero-order chi connectivity index (χ0) is 22.1. The minimum absolute atomic E-state index is 0.101. The number of fused-ring (bicyclic) bond motifs is 3. The Bertz CT molecular complexity index is 1080. The maximum atomic E-state index is 12.7. The lowest BCUT2D eigenvalue weighted by atomic mass is 9.84. The minimum Gasteiger partial charge on any atom is -0.497 e. The van der Waals surface area contributed by atoms with Gasteiger partial charge in [-0.05, 0) is 58.7 Å². The minimum atomic E-state index is -0.522. The number of ether oxygens (including phenoxy) is 2. The van der Waals surface area contributed by atoms with Gasteiger partial charge in [0.2, 0.25) is 0 Å². The molecule has 1 aromatic carbocycles. The van der Waals surface area contributed by atoms with E-state index in [0.29, 0.717) is 29.1 Å². The molecule has 3 rings (SSSR count). The van der Waals surface area contributed by atoms with E-state index in [4.69, 9.17) is 13.9 Å². The summed E-state index contributed by atoms with van der Waals surface area (Å²) < 4.78 is 17.2. The molecule has 0 fully saturated rings. The molecule has 0 saturated carbocycles. The standard InChI is InChI=1S/C25H30O5/c1-15(2)12-18(26)13-16(3)8-7-11-25(5)17(4)22-23(30-25)20-10-9-19(28-6)14-21(20)29-24(22)27/h8-10,12,14,17H,7,11,13H2,1-6H3/t17-,25-/m0/s1. The summed E-state index contributed by atoms with van der Waals surface area (Å²) in [4.78, 5) is 24.6. The zero-order valence-electron chi connectivity index (χ0n) is 18.6. The fourth-order valence-electron chi connectivity index (χ4n) is 4.00. The summed E-state index contributed by atoms with van der Waals surface area (Å²) in [6.45, 7) is 9.86. The second-order valence-corrected chi connectivity index (χ2v) is 8.58. The number of allylic oxidation sites excluding steroid dienone is 4. The maximum absolute atomic E-state index is 12.7. The lowest BCUT2D eigenvalue weighted by molar-refractivity contribution is -0.114. The molecular weight excluding hydrogens is 380 g/mol. The van der Waals surface area contributed by atoms with Crippen LogP contribution in [0.4, 0.5) is 0 Å². The molecule has 0 spiro atoms. The van der Waals surface area contributed by atoms with Crippen LogP contribution in [0.2, 0.25) is 0 Å². The largest absolute Gasteiger partial charge is 0.497 e. The van der Waals surface area contributed by atoms with Crippen LogP contribution in [0.5, 0.6) is 11.5 Å². The molecule has 0 radical (unpaired) electrons. The zero-order valence-corrected chi connectivity index (χ0v) is 18.6. The average Bonchev–Trinajstić information content (AvgIpc) is 2.92. The number of hydrogen-bond acceptors (Lipinski definition) is 5. The SMILES string of the molecule is COc1ccc2c3c(c(=O)oc2c1)[C@H](C)[C@](C)(CCC=C(C)CC(=O)C=C(C)C)O3. The van der Waals surface area contributed by atoms with Gasteiger partial charge in [-0.3, -0.25) is 4.79 Å². The number of methoxy groups -OCH3 is 1. The highest BCUT2D eigenvalue weighted by Crippen LogP contribution is 2.48. The summed E-state index contributed by atoms with van der Waals surface area (Å²) >= 11 is 0. The molecule has 0 saturated heterocycles. The number of carbonyl (C=O) groups is 1. The molecule has 0 amide bonds. The van der Waals surface area contributed by atoms with Crippen molar-refractivity contribution in [3.05, 3.63) is 57.5 Å². The van der Waals surface area contributed by atoms with E-state index in [0.717, 1.165) is 29.4 Å². The smallest absolute Gasteiger partial charge is 0.343 e. The van der Waals surface area contributed by atoms with Crippen molar-refractivity contribution in [2.75, 3.05) is 7.11 Å². The second-order valence-electron chi connectivity index (χ2n) is 8.58. The van der Waals surface area contributed by atoms with E-state index in [1.165, 1.54) is 0 Å². The predicted octanol–water partition coefficient (Wildman–Crippen LogP) is 5.71. The van der Waals surface area contributed by atoms with Crippen molar-refractivity contribution in [2.24, 2.45) is 0 Å². The van der Waals surface area contributed by atoms with E-state index in [-0.39, 0.29) is 17.3 Å². The number of ketones is 1. The molecule has 2 heterocycles. The third kappa shape index (κ3) is 4.35. The molecule has 30 heavy (non-hydrogen) atoms. The van der Waals surface area contributed by atoms with E-state index < -0.39 is 5.60 Å². The van der Waals surface area contributed by atoms with Gasteiger partial charge in [0.1, 0.15) is 22.7 Å². The Labute approximate surface area is 177 Å².